The Morgan fingerprint density at radius 3 is 2.50 bits per heavy atom. The van der Waals surface area contributed by atoms with Crippen LogP contribution in [0.2, 0.25) is 0 Å². The van der Waals surface area contributed by atoms with Crippen molar-refractivity contribution >= 4 is 22.5 Å². The van der Waals surface area contributed by atoms with E-state index < -0.39 is 0 Å². The third kappa shape index (κ3) is 4.28. The highest BCUT2D eigenvalue weighted by atomic mass is 32.1. The maximum absolute atomic E-state index is 12.7. The van der Waals surface area contributed by atoms with E-state index >= 15 is 0 Å². The van der Waals surface area contributed by atoms with E-state index in [1.165, 1.54) is 28.5 Å². The molecule has 0 radical (unpaired) electrons. The zero-order valence-corrected chi connectivity index (χ0v) is 18.0. The minimum absolute atomic E-state index is 0.0520. The molecule has 2 aromatic heterocycles. The van der Waals surface area contributed by atoms with Crippen molar-refractivity contribution in [2.45, 2.75) is 39.2 Å². The SMILES string of the molecule is CC(C)n1nc(-c2sc(NC(=O)N3CCCCC3)nc2-c2ccccc2)ccc1=O. The molecule has 8 heteroatoms. The minimum atomic E-state index is -0.141. The van der Waals surface area contributed by atoms with Gasteiger partial charge in [0.15, 0.2) is 5.13 Å². The lowest BCUT2D eigenvalue weighted by Gasteiger charge is -2.26. The summed E-state index contributed by atoms with van der Waals surface area (Å²) >= 11 is 1.38. The van der Waals surface area contributed by atoms with E-state index in [4.69, 9.17) is 4.98 Å². The number of nitrogens with one attached hydrogen (secondary N) is 1. The van der Waals surface area contributed by atoms with Gasteiger partial charge in [-0.2, -0.15) is 5.10 Å². The smallest absolute Gasteiger partial charge is 0.323 e. The number of thiazole rings is 1. The number of urea groups is 1. The van der Waals surface area contributed by atoms with Crippen LogP contribution in [0.15, 0.2) is 47.3 Å². The molecule has 0 spiro atoms. The van der Waals surface area contributed by atoms with Crippen molar-refractivity contribution in [3.8, 4) is 21.8 Å². The molecule has 7 nitrogen and oxygen atoms in total. The van der Waals surface area contributed by atoms with Crippen LogP contribution >= 0.6 is 11.3 Å². The molecule has 1 aliphatic heterocycles. The second-order valence-electron chi connectivity index (χ2n) is 7.64. The zero-order valence-electron chi connectivity index (χ0n) is 17.2. The van der Waals surface area contributed by atoms with Crippen LogP contribution in [0.5, 0.6) is 0 Å². The van der Waals surface area contributed by atoms with Crippen molar-refractivity contribution in [1.82, 2.24) is 19.7 Å². The van der Waals surface area contributed by atoms with Crippen LogP contribution in [0, 0.1) is 0 Å². The van der Waals surface area contributed by atoms with Crippen molar-refractivity contribution in [1.29, 1.82) is 0 Å². The second-order valence-corrected chi connectivity index (χ2v) is 8.63. The number of hydrogen-bond acceptors (Lipinski definition) is 5. The minimum Gasteiger partial charge on any atom is -0.324 e. The number of benzene rings is 1. The topological polar surface area (TPSA) is 80.1 Å². The third-order valence-corrected chi connectivity index (χ3v) is 6.07. The van der Waals surface area contributed by atoms with E-state index in [0.29, 0.717) is 10.8 Å². The average Bonchev–Trinajstić information content (AvgIpc) is 3.19. The molecular weight excluding hydrogens is 398 g/mol. The Bertz CT molecular complexity index is 1080. The summed E-state index contributed by atoms with van der Waals surface area (Å²) in [6, 6.07) is 12.9. The molecule has 2 amide bonds. The lowest BCUT2D eigenvalue weighted by molar-refractivity contribution is 0.200. The van der Waals surface area contributed by atoms with E-state index in [2.05, 4.69) is 10.4 Å². The molecule has 1 aromatic carbocycles. The van der Waals surface area contributed by atoms with Crippen LogP contribution in [-0.4, -0.2) is 38.8 Å². The van der Waals surface area contributed by atoms with Crippen LogP contribution in [-0.2, 0) is 0 Å². The highest BCUT2D eigenvalue weighted by molar-refractivity contribution is 7.19. The largest absolute Gasteiger partial charge is 0.324 e. The molecule has 1 saturated heterocycles. The highest BCUT2D eigenvalue weighted by Crippen LogP contribution is 2.38. The van der Waals surface area contributed by atoms with Crippen molar-refractivity contribution in [3.63, 3.8) is 0 Å². The summed E-state index contributed by atoms with van der Waals surface area (Å²) in [5.41, 5.74) is 2.21. The molecule has 1 aliphatic rings. The lowest BCUT2D eigenvalue weighted by Crippen LogP contribution is -2.38. The van der Waals surface area contributed by atoms with E-state index in [9.17, 15) is 9.59 Å². The predicted octanol–water partition coefficient (Wildman–Crippen LogP) is 4.63. The van der Waals surface area contributed by atoms with Crippen molar-refractivity contribution in [2.75, 3.05) is 18.4 Å². The van der Waals surface area contributed by atoms with E-state index in [0.717, 1.165) is 42.1 Å². The molecule has 3 heterocycles. The number of hydrogen-bond donors (Lipinski definition) is 1. The third-order valence-electron chi connectivity index (χ3n) is 5.08. The Kier molecular flexibility index (Phi) is 5.94. The Labute approximate surface area is 179 Å². The van der Waals surface area contributed by atoms with Gasteiger partial charge in [0.05, 0.1) is 16.6 Å². The van der Waals surface area contributed by atoms with Gasteiger partial charge in [0.25, 0.3) is 5.56 Å². The van der Waals surface area contributed by atoms with Crippen molar-refractivity contribution in [3.05, 3.63) is 52.8 Å². The molecule has 0 bridgehead atoms. The summed E-state index contributed by atoms with van der Waals surface area (Å²) < 4.78 is 1.47. The number of nitrogens with zero attached hydrogens (tertiary/aromatic N) is 4. The number of piperidine rings is 1. The summed E-state index contributed by atoms with van der Waals surface area (Å²) in [6.45, 7) is 5.40. The maximum Gasteiger partial charge on any atom is 0.323 e. The number of carbonyl (C=O) groups excluding carboxylic acids is 1. The monoisotopic (exact) mass is 423 g/mol. The van der Waals surface area contributed by atoms with E-state index in [1.54, 1.807) is 6.07 Å². The van der Waals surface area contributed by atoms with Gasteiger partial charge in [-0.1, -0.05) is 41.7 Å². The van der Waals surface area contributed by atoms with Crippen molar-refractivity contribution in [2.24, 2.45) is 0 Å². The van der Waals surface area contributed by atoms with Gasteiger partial charge < -0.3 is 4.90 Å². The number of rotatable bonds is 4. The first kappa shape index (κ1) is 20.3. The van der Waals surface area contributed by atoms with Gasteiger partial charge >= 0.3 is 6.03 Å². The standard InChI is InChI=1S/C22H25N5O2S/c1-15(2)27-18(28)12-11-17(25-27)20-19(16-9-5-3-6-10-16)23-21(30-20)24-22(29)26-13-7-4-8-14-26/h3,5-6,9-12,15H,4,7-8,13-14H2,1-2H3,(H,23,24,29). The molecule has 3 aromatic rings. The summed E-state index contributed by atoms with van der Waals surface area (Å²) in [5.74, 6) is 0. The maximum atomic E-state index is 12.7. The van der Waals surface area contributed by atoms with Crippen LogP contribution in [0.1, 0.15) is 39.2 Å². The molecule has 30 heavy (non-hydrogen) atoms. The molecule has 0 saturated carbocycles. The Morgan fingerprint density at radius 1 is 1.07 bits per heavy atom. The fourth-order valence-electron chi connectivity index (χ4n) is 3.52. The van der Waals surface area contributed by atoms with Gasteiger partial charge in [0, 0.05) is 24.7 Å². The molecule has 0 aliphatic carbocycles. The molecule has 4 rings (SSSR count). The zero-order chi connectivity index (χ0) is 21.1. The Morgan fingerprint density at radius 2 is 1.80 bits per heavy atom. The van der Waals surface area contributed by atoms with E-state index in [1.807, 2.05) is 49.1 Å². The Hall–Kier alpha value is -3.00. The first-order chi connectivity index (χ1) is 14.5. The predicted molar refractivity (Wildman–Crippen MR) is 120 cm³/mol. The molecule has 1 fully saturated rings. The first-order valence-electron chi connectivity index (χ1n) is 10.3. The van der Waals surface area contributed by atoms with Crippen LogP contribution in [0.25, 0.3) is 21.8 Å². The van der Waals surface area contributed by atoms with Crippen LogP contribution in [0.4, 0.5) is 9.93 Å². The second kappa shape index (κ2) is 8.79. The molecule has 0 unspecified atom stereocenters. The molecule has 1 N–H and O–H groups in total. The normalized spacial score (nSPS) is 14.2. The number of carbonyl (C=O) groups is 1. The van der Waals surface area contributed by atoms with Gasteiger partial charge in [-0.3, -0.25) is 10.1 Å². The van der Waals surface area contributed by atoms with Gasteiger partial charge in [0.2, 0.25) is 0 Å². The fraction of sp³-hybridized carbons (Fsp3) is 0.364. The number of amides is 2. The lowest BCUT2D eigenvalue weighted by atomic mass is 10.1. The molecule has 0 atom stereocenters. The number of likely N-dealkylation sites (tertiary alicyclic amines) is 1. The van der Waals surface area contributed by atoms with Gasteiger partial charge in [0.1, 0.15) is 5.69 Å². The summed E-state index contributed by atoms with van der Waals surface area (Å²) in [7, 11) is 0. The van der Waals surface area contributed by atoms with Gasteiger partial charge in [-0.15, -0.1) is 0 Å². The number of anilines is 1. The summed E-state index contributed by atoms with van der Waals surface area (Å²) in [4.78, 5) is 32.2. The number of aromatic nitrogens is 3. The molecular formula is C22H25N5O2S. The van der Waals surface area contributed by atoms with E-state index in [-0.39, 0.29) is 17.6 Å². The Balaban J connectivity index is 1.73. The average molecular weight is 424 g/mol. The summed E-state index contributed by atoms with van der Waals surface area (Å²) in [5, 5.41) is 8.05. The fourth-order valence-corrected chi connectivity index (χ4v) is 4.46. The summed E-state index contributed by atoms with van der Waals surface area (Å²) in [6.07, 6.45) is 3.24. The first-order valence-corrected chi connectivity index (χ1v) is 11.1. The van der Waals surface area contributed by atoms with Crippen LogP contribution in [0.3, 0.4) is 0 Å². The van der Waals surface area contributed by atoms with Crippen LogP contribution < -0.4 is 10.9 Å². The highest BCUT2D eigenvalue weighted by Gasteiger charge is 2.21. The van der Waals surface area contributed by atoms with Gasteiger partial charge in [-0.25, -0.2) is 14.5 Å². The molecule has 156 valence electrons. The van der Waals surface area contributed by atoms with Gasteiger partial charge in [-0.05, 0) is 39.2 Å². The quantitative estimate of drug-likeness (QED) is 0.663. The van der Waals surface area contributed by atoms with Crippen molar-refractivity contribution < 1.29 is 4.79 Å².